The molecule has 0 aliphatic carbocycles. The summed E-state index contributed by atoms with van der Waals surface area (Å²) < 4.78 is 37.8. The molecule has 0 fully saturated rings. The summed E-state index contributed by atoms with van der Waals surface area (Å²) in [6.45, 7) is 1.74. The number of nitrogens with zero attached hydrogens (tertiary/aromatic N) is 2. The van der Waals surface area contributed by atoms with Crippen LogP contribution in [0.2, 0.25) is 0 Å². The second kappa shape index (κ2) is 8.39. The molecule has 28 heavy (non-hydrogen) atoms. The molecule has 0 aliphatic rings. The Morgan fingerprint density at radius 2 is 1.75 bits per heavy atom. The van der Waals surface area contributed by atoms with Crippen LogP contribution in [0.1, 0.15) is 18.9 Å². The molecule has 3 rings (SSSR count). The second-order valence-electron chi connectivity index (χ2n) is 5.92. The van der Waals surface area contributed by atoms with E-state index in [1.807, 2.05) is 24.3 Å². The summed E-state index contributed by atoms with van der Waals surface area (Å²) in [4.78, 5) is 16.1. The molecule has 0 amide bonds. The van der Waals surface area contributed by atoms with Crippen molar-refractivity contribution in [3.8, 4) is 11.5 Å². The van der Waals surface area contributed by atoms with Gasteiger partial charge in [0.15, 0.2) is 0 Å². The predicted molar refractivity (Wildman–Crippen MR) is 104 cm³/mol. The van der Waals surface area contributed by atoms with Crippen molar-refractivity contribution < 1.29 is 18.3 Å². The van der Waals surface area contributed by atoms with Crippen LogP contribution in [0.15, 0.2) is 53.3 Å². The Morgan fingerprint density at radius 3 is 2.36 bits per heavy atom. The number of nitrogens with one attached hydrogen (secondary N) is 1. The fourth-order valence-electron chi connectivity index (χ4n) is 2.33. The lowest BCUT2D eigenvalue weighted by Gasteiger charge is -2.16. The van der Waals surface area contributed by atoms with Gasteiger partial charge >= 0.3 is 11.8 Å². The van der Waals surface area contributed by atoms with Gasteiger partial charge < -0.3 is 14.8 Å². The third-order valence-electron chi connectivity index (χ3n) is 3.88. The van der Waals surface area contributed by atoms with Crippen molar-refractivity contribution in [2.75, 3.05) is 12.4 Å². The fourth-order valence-corrected chi connectivity index (χ4v) is 3.15. The van der Waals surface area contributed by atoms with Crippen LogP contribution in [0.4, 0.5) is 19.6 Å². The van der Waals surface area contributed by atoms with Crippen LogP contribution in [0.3, 0.4) is 0 Å². The van der Waals surface area contributed by atoms with Crippen LogP contribution >= 0.6 is 11.5 Å². The minimum absolute atomic E-state index is 0.0654. The molecule has 148 valence electrons. The van der Waals surface area contributed by atoms with Crippen molar-refractivity contribution in [3.05, 3.63) is 64.6 Å². The zero-order valence-electron chi connectivity index (χ0n) is 15.3. The van der Waals surface area contributed by atoms with E-state index in [1.165, 1.54) is 34.5 Å². The van der Waals surface area contributed by atoms with Gasteiger partial charge in [0.2, 0.25) is 5.13 Å². The standard InChI is InChI=1S/C19H19F2N3O3S/c1-3-19(20,21)27-16-10-6-14(7-11-16)22-17-23-18(25)24(28-17)12-13-4-8-15(26-2)9-5-13/h4-11H,3,12H2,1-2H3,(H,22,23,25). The van der Waals surface area contributed by atoms with Crippen molar-refractivity contribution in [2.45, 2.75) is 26.0 Å². The first-order chi connectivity index (χ1) is 13.4. The average Bonchev–Trinajstić information content (AvgIpc) is 3.02. The molecule has 0 bridgehead atoms. The van der Waals surface area contributed by atoms with Gasteiger partial charge in [0, 0.05) is 12.1 Å². The topological polar surface area (TPSA) is 65.4 Å². The molecule has 1 aromatic heterocycles. The van der Waals surface area contributed by atoms with Gasteiger partial charge in [-0.25, -0.2) is 8.75 Å². The molecule has 0 saturated carbocycles. The van der Waals surface area contributed by atoms with Crippen molar-refractivity contribution in [2.24, 2.45) is 0 Å². The molecule has 0 aliphatic heterocycles. The van der Waals surface area contributed by atoms with Gasteiger partial charge in [-0.15, -0.1) is 0 Å². The Hall–Kier alpha value is -2.94. The van der Waals surface area contributed by atoms with E-state index in [0.717, 1.165) is 11.3 Å². The van der Waals surface area contributed by atoms with Gasteiger partial charge in [0.05, 0.1) is 13.7 Å². The molecule has 6 nitrogen and oxygen atoms in total. The number of methoxy groups -OCH3 is 1. The number of alkyl halides is 2. The van der Waals surface area contributed by atoms with E-state index in [4.69, 9.17) is 4.74 Å². The smallest absolute Gasteiger partial charge is 0.397 e. The van der Waals surface area contributed by atoms with Gasteiger partial charge in [-0.1, -0.05) is 19.1 Å². The summed E-state index contributed by atoms with van der Waals surface area (Å²) in [6, 6.07) is 13.4. The van der Waals surface area contributed by atoms with E-state index < -0.39 is 12.5 Å². The zero-order chi connectivity index (χ0) is 20.1. The summed E-state index contributed by atoms with van der Waals surface area (Å²) in [5.74, 6) is 0.808. The number of halogens is 2. The highest BCUT2D eigenvalue weighted by molar-refractivity contribution is 7.10. The maximum Gasteiger partial charge on any atom is 0.397 e. The fraction of sp³-hybridized carbons (Fsp3) is 0.263. The number of hydrogen-bond acceptors (Lipinski definition) is 6. The summed E-state index contributed by atoms with van der Waals surface area (Å²) in [5, 5.41) is 3.41. The van der Waals surface area contributed by atoms with Gasteiger partial charge in [0.25, 0.3) is 0 Å². The Bertz CT molecular complexity index is 969. The maximum absolute atomic E-state index is 13.3. The molecule has 1 heterocycles. The summed E-state index contributed by atoms with van der Waals surface area (Å²) in [6.07, 6.45) is -3.61. The molecule has 1 N–H and O–H groups in total. The lowest BCUT2D eigenvalue weighted by atomic mass is 10.2. The summed E-state index contributed by atoms with van der Waals surface area (Å²) >= 11 is 1.18. The Morgan fingerprint density at radius 1 is 1.11 bits per heavy atom. The normalized spacial score (nSPS) is 11.3. The number of rotatable bonds is 8. The zero-order valence-corrected chi connectivity index (χ0v) is 16.1. The van der Waals surface area contributed by atoms with Crippen molar-refractivity contribution in [1.29, 1.82) is 0 Å². The monoisotopic (exact) mass is 407 g/mol. The van der Waals surface area contributed by atoms with E-state index in [-0.39, 0.29) is 11.4 Å². The molecular formula is C19H19F2N3O3S. The number of aromatic nitrogens is 2. The molecule has 0 saturated heterocycles. The van der Waals surface area contributed by atoms with Gasteiger partial charge in [-0.3, -0.25) is 0 Å². The van der Waals surface area contributed by atoms with Gasteiger partial charge in [-0.2, -0.15) is 13.8 Å². The van der Waals surface area contributed by atoms with Crippen molar-refractivity contribution >= 4 is 22.4 Å². The minimum atomic E-state index is -3.20. The lowest BCUT2D eigenvalue weighted by Crippen LogP contribution is -2.22. The lowest BCUT2D eigenvalue weighted by molar-refractivity contribution is -0.177. The molecule has 0 radical (unpaired) electrons. The first kappa shape index (κ1) is 19.8. The van der Waals surface area contributed by atoms with E-state index in [9.17, 15) is 13.6 Å². The maximum atomic E-state index is 13.3. The van der Waals surface area contributed by atoms with Crippen LogP contribution in [0.25, 0.3) is 0 Å². The van der Waals surface area contributed by atoms with Gasteiger partial charge in [0.1, 0.15) is 11.5 Å². The highest BCUT2D eigenvalue weighted by Crippen LogP contribution is 2.26. The molecule has 0 spiro atoms. The van der Waals surface area contributed by atoms with Crippen molar-refractivity contribution in [3.63, 3.8) is 0 Å². The van der Waals surface area contributed by atoms with Crippen LogP contribution < -0.4 is 20.5 Å². The minimum Gasteiger partial charge on any atom is -0.497 e. The van der Waals surface area contributed by atoms with E-state index in [0.29, 0.717) is 17.4 Å². The molecular weight excluding hydrogens is 388 g/mol. The molecule has 0 atom stereocenters. The molecule has 3 aromatic rings. The molecule has 2 aromatic carbocycles. The highest BCUT2D eigenvalue weighted by atomic mass is 32.1. The predicted octanol–water partition coefficient (Wildman–Crippen LogP) is 4.49. The number of anilines is 2. The van der Waals surface area contributed by atoms with E-state index in [1.54, 1.807) is 19.2 Å². The Kier molecular flexibility index (Phi) is 5.93. The number of benzene rings is 2. The largest absolute Gasteiger partial charge is 0.497 e. The average molecular weight is 407 g/mol. The van der Waals surface area contributed by atoms with Crippen LogP contribution in [0, 0.1) is 0 Å². The quantitative estimate of drug-likeness (QED) is 0.596. The second-order valence-corrected chi connectivity index (χ2v) is 6.93. The third kappa shape index (κ3) is 5.07. The van der Waals surface area contributed by atoms with E-state index >= 15 is 0 Å². The SMILES string of the molecule is CCC(F)(F)Oc1ccc(Nc2nc(=O)n(Cc3ccc(OC)cc3)s2)cc1. The first-order valence-electron chi connectivity index (χ1n) is 8.53. The third-order valence-corrected chi connectivity index (χ3v) is 4.75. The van der Waals surface area contributed by atoms with Crippen LogP contribution in [-0.4, -0.2) is 22.2 Å². The highest BCUT2D eigenvalue weighted by Gasteiger charge is 2.28. The van der Waals surface area contributed by atoms with Crippen LogP contribution in [-0.2, 0) is 6.54 Å². The molecule has 9 heteroatoms. The number of hydrogen-bond donors (Lipinski definition) is 1. The summed E-state index contributed by atoms with van der Waals surface area (Å²) in [7, 11) is 1.59. The summed E-state index contributed by atoms with van der Waals surface area (Å²) in [5.41, 5.74) is 1.18. The molecule has 0 unspecified atom stereocenters. The Balaban J connectivity index is 1.66. The Labute approximate surface area is 164 Å². The van der Waals surface area contributed by atoms with E-state index in [2.05, 4.69) is 15.0 Å². The number of ether oxygens (including phenoxy) is 2. The van der Waals surface area contributed by atoms with Gasteiger partial charge in [-0.05, 0) is 53.5 Å². The van der Waals surface area contributed by atoms with Crippen molar-refractivity contribution in [1.82, 2.24) is 8.94 Å². The first-order valence-corrected chi connectivity index (χ1v) is 9.31. The van der Waals surface area contributed by atoms with Crippen LogP contribution in [0.5, 0.6) is 11.5 Å².